The zero-order valence-electron chi connectivity index (χ0n) is 23.7. The van der Waals surface area contributed by atoms with Crippen molar-refractivity contribution in [3.8, 4) is 0 Å². The number of hydrogen-bond donors (Lipinski definition) is 5. The summed E-state index contributed by atoms with van der Waals surface area (Å²) >= 11 is 0. The van der Waals surface area contributed by atoms with Crippen molar-refractivity contribution < 1.29 is 53.9 Å². The maximum atomic E-state index is 13.5. The molecule has 1 aromatic carbocycles. The van der Waals surface area contributed by atoms with Crippen molar-refractivity contribution in [2.75, 3.05) is 39.9 Å². The highest BCUT2D eigenvalue weighted by Gasteiger charge is 2.42. The first kappa shape index (κ1) is 32.5. The minimum absolute atomic E-state index is 0.0154. The van der Waals surface area contributed by atoms with E-state index in [4.69, 9.17) is 29.9 Å². The van der Waals surface area contributed by atoms with Crippen LogP contribution < -0.4 is 0 Å². The van der Waals surface area contributed by atoms with E-state index in [1.54, 1.807) is 4.90 Å². The van der Waals surface area contributed by atoms with E-state index in [-0.39, 0.29) is 56.0 Å². The number of H-pyrrole nitrogens is 1. The number of nitrogens with zero attached hydrogens (tertiary/aromatic N) is 2. The molecule has 2 heterocycles. The van der Waals surface area contributed by atoms with Crippen LogP contribution >= 0.6 is 0 Å². The van der Waals surface area contributed by atoms with Gasteiger partial charge in [0, 0.05) is 49.5 Å². The average Bonchev–Trinajstić information content (AvgIpc) is 3.35. The van der Waals surface area contributed by atoms with Crippen molar-refractivity contribution in [2.45, 2.75) is 50.9 Å². The molecule has 42 heavy (non-hydrogen) atoms. The van der Waals surface area contributed by atoms with E-state index in [2.05, 4.69) is 41.3 Å². The third kappa shape index (κ3) is 7.84. The lowest BCUT2D eigenvalue weighted by Gasteiger charge is -2.45. The summed E-state index contributed by atoms with van der Waals surface area (Å²) in [5.41, 5.74) is 3.81. The molecule has 2 aromatic rings. The van der Waals surface area contributed by atoms with Crippen LogP contribution in [-0.4, -0.2) is 123 Å². The number of nitrogens with one attached hydrogen (secondary N) is 1. The van der Waals surface area contributed by atoms with Crippen LogP contribution in [0.4, 0.5) is 0 Å². The maximum absolute atomic E-state index is 13.5. The Labute approximate surface area is 241 Å². The van der Waals surface area contributed by atoms with Gasteiger partial charge >= 0.3 is 23.9 Å². The minimum Gasteiger partial charge on any atom is -0.479 e. The van der Waals surface area contributed by atoms with E-state index >= 15 is 0 Å². The predicted octanol–water partition coefficient (Wildman–Crippen LogP) is -0.0399. The molecule has 5 atom stereocenters. The second kappa shape index (κ2) is 14.2. The van der Waals surface area contributed by atoms with Gasteiger partial charge in [0.2, 0.25) is 5.91 Å². The van der Waals surface area contributed by atoms with Gasteiger partial charge in [0.15, 0.2) is 12.2 Å². The highest BCUT2D eigenvalue weighted by Crippen LogP contribution is 2.44. The molecular formula is C28H37N3O11. The molecule has 1 saturated heterocycles. The molecule has 1 amide bonds. The fourth-order valence-electron chi connectivity index (χ4n) is 5.58. The highest BCUT2D eigenvalue weighted by atomic mass is 16.5. The molecule has 1 aliphatic carbocycles. The van der Waals surface area contributed by atoms with Gasteiger partial charge in [-0.25, -0.2) is 9.59 Å². The lowest BCUT2D eigenvalue weighted by Crippen LogP contribution is -2.52. The first-order valence-corrected chi connectivity index (χ1v) is 13.5. The van der Waals surface area contributed by atoms with Gasteiger partial charge in [-0.1, -0.05) is 12.1 Å². The number of likely N-dealkylation sites (N-methyl/N-ethyl adjacent to an activating group) is 1. The number of carboxylic acid groups (broad SMARTS) is 2. The first-order chi connectivity index (χ1) is 19.8. The van der Waals surface area contributed by atoms with Crippen LogP contribution in [0.2, 0.25) is 0 Å². The lowest BCUT2D eigenvalue weighted by atomic mass is 9.72. The Morgan fingerprint density at radius 1 is 1.00 bits per heavy atom. The molecule has 0 saturated carbocycles. The lowest BCUT2D eigenvalue weighted by molar-refractivity contribution is -0.165. The van der Waals surface area contributed by atoms with Gasteiger partial charge in [0.05, 0.1) is 19.0 Å². The molecule has 230 valence electrons. The molecule has 14 nitrogen and oxygen atoms in total. The van der Waals surface area contributed by atoms with Crippen LogP contribution in [-0.2, 0) is 39.9 Å². The normalized spacial score (nSPS) is 20.7. The zero-order chi connectivity index (χ0) is 31.1. The smallest absolute Gasteiger partial charge is 0.335 e. The van der Waals surface area contributed by atoms with Crippen molar-refractivity contribution in [2.24, 2.45) is 5.92 Å². The largest absolute Gasteiger partial charge is 0.479 e. The number of fused-ring (bicyclic) bond motifs is 2. The SMILES string of the molecule is CC(=O)OCCN(CCOC(C)=O)C(=O)[C@@H]1CC2c3cccc4[nH]cc(c34)C[C@H]2N(C)C1.O=C(O)C(O)C(O)C(=O)O. The van der Waals surface area contributed by atoms with Crippen LogP contribution in [0.15, 0.2) is 24.4 Å². The number of rotatable bonds is 10. The van der Waals surface area contributed by atoms with Crippen LogP contribution in [0.5, 0.6) is 0 Å². The summed E-state index contributed by atoms with van der Waals surface area (Å²) in [5, 5.41) is 33.8. The topological polar surface area (TPSA) is 207 Å². The quantitative estimate of drug-likeness (QED) is 0.231. The number of esters is 2. The molecule has 3 unspecified atom stereocenters. The number of aliphatic hydroxyl groups is 2. The summed E-state index contributed by atoms with van der Waals surface area (Å²) in [6.45, 7) is 4.19. The fraction of sp³-hybridized carbons (Fsp3) is 0.536. The van der Waals surface area contributed by atoms with Crippen molar-refractivity contribution in [1.82, 2.24) is 14.8 Å². The number of hydrogen-bond acceptors (Lipinski definition) is 10. The predicted molar refractivity (Wildman–Crippen MR) is 146 cm³/mol. The summed E-state index contributed by atoms with van der Waals surface area (Å²) in [4.78, 5) is 62.7. The standard InChI is InChI=1S/C24H31N3O5.C4H6O6/c1-15(28)31-9-7-27(8-10-32-16(2)29)24(30)18-11-20-19-5-4-6-21-23(19)17(13-25-21)12-22(20)26(3)14-18;5-1(3(7)8)2(6)4(9)10/h4-6,13,18,20,22,25H,7-12,14H2,1-3H3;1-2,5-6H,(H,7,8)(H,9,10)/t18-,20?,22-;/m1./s1. The van der Waals surface area contributed by atoms with Crippen LogP contribution in [0.1, 0.15) is 37.3 Å². The summed E-state index contributed by atoms with van der Waals surface area (Å²) in [6, 6.07) is 6.74. The number of carbonyl (C=O) groups excluding carboxylic acids is 3. The van der Waals surface area contributed by atoms with Crippen molar-refractivity contribution >= 4 is 40.7 Å². The number of aromatic nitrogens is 1. The molecule has 1 aliphatic heterocycles. The van der Waals surface area contributed by atoms with Gasteiger partial charge < -0.3 is 44.7 Å². The van der Waals surface area contributed by atoms with E-state index in [1.807, 2.05) is 0 Å². The number of ether oxygens (including phenoxy) is 2. The summed E-state index contributed by atoms with van der Waals surface area (Å²) in [6.07, 6.45) is -0.673. The van der Waals surface area contributed by atoms with Crippen molar-refractivity contribution in [3.63, 3.8) is 0 Å². The molecular weight excluding hydrogens is 554 g/mol. The van der Waals surface area contributed by atoms with Gasteiger partial charge in [-0.2, -0.15) is 0 Å². The number of aliphatic hydroxyl groups excluding tert-OH is 2. The minimum atomic E-state index is -2.27. The van der Waals surface area contributed by atoms with Gasteiger partial charge in [-0.15, -0.1) is 0 Å². The van der Waals surface area contributed by atoms with E-state index in [1.165, 1.54) is 30.4 Å². The van der Waals surface area contributed by atoms with E-state index in [0.717, 1.165) is 18.4 Å². The van der Waals surface area contributed by atoms with E-state index in [0.29, 0.717) is 12.6 Å². The number of benzene rings is 1. The van der Waals surface area contributed by atoms with Gasteiger partial charge in [-0.05, 0) is 37.1 Å². The molecule has 0 bridgehead atoms. The third-order valence-electron chi connectivity index (χ3n) is 7.52. The number of carbonyl (C=O) groups is 5. The van der Waals surface area contributed by atoms with Gasteiger partial charge in [0.25, 0.3) is 0 Å². The second-order valence-electron chi connectivity index (χ2n) is 10.4. The van der Waals surface area contributed by atoms with Crippen molar-refractivity contribution in [1.29, 1.82) is 0 Å². The molecule has 0 spiro atoms. The first-order valence-electron chi connectivity index (χ1n) is 13.5. The molecule has 0 radical (unpaired) electrons. The Bertz CT molecular complexity index is 1270. The van der Waals surface area contributed by atoms with Gasteiger partial charge in [0.1, 0.15) is 13.2 Å². The number of amides is 1. The van der Waals surface area contributed by atoms with Gasteiger partial charge in [-0.3, -0.25) is 14.4 Å². The summed E-state index contributed by atoms with van der Waals surface area (Å²) in [5.74, 6) is -4.18. The maximum Gasteiger partial charge on any atom is 0.335 e. The summed E-state index contributed by atoms with van der Waals surface area (Å²) < 4.78 is 10.1. The number of aromatic amines is 1. The Morgan fingerprint density at radius 3 is 2.10 bits per heavy atom. The third-order valence-corrected chi connectivity index (χ3v) is 7.52. The summed E-state index contributed by atoms with van der Waals surface area (Å²) in [7, 11) is 2.09. The Balaban J connectivity index is 0.000000416. The number of carboxylic acids is 2. The molecule has 2 aliphatic rings. The number of aliphatic carboxylic acids is 2. The van der Waals surface area contributed by atoms with Crippen molar-refractivity contribution in [3.05, 3.63) is 35.5 Å². The number of piperidine rings is 1. The Hall–Kier alpha value is -4.01. The Kier molecular flexibility index (Phi) is 11.0. The average molecular weight is 592 g/mol. The second-order valence-corrected chi connectivity index (χ2v) is 10.4. The molecule has 1 fully saturated rings. The molecule has 4 rings (SSSR count). The fourth-order valence-corrected chi connectivity index (χ4v) is 5.58. The van der Waals surface area contributed by atoms with Crippen LogP contribution in [0.25, 0.3) is 10.9 Å². The van der Waals surface area contributed by atoms with Crippen LogP contribution in [0, 0.1) is 5.92 Å². The molecule has 1 aromatic heterocycles. The van der Waals surface area contributed by atoms with Crippen LogP contribution in [0.3, 0.4) is 0 Å². The highest BCUT2D eigenvalue weighted by molar-refractivity contribution is 5.89. The van der Waals surface area contributed by atoms with E-state index in [9.17, 15) is 24.0 Å². The number of likely N-dealkylation sites (tertiary alicyclic amines) is 1. The Morgan fingerprint density at radius 2 is 1.57 bits per heavy atom. The zero-order valence-corrected chi connectivity index (χ0v) is 23.7. The molecule has 5 N–H and O–H groups in total. The molecule has 14 heteroatoms. The monoisotopic (exact) mass is 591 g/mol. The van der Waals surface area contributed by atoms with E-state index < -0.39 is 24.1 Å².